The first-order valence-corrected chi connectivity index (χ1v) is 7.70. The minimum Gasteiger partial charge on any atom is -0.350 e. The van der Waals surface area contributed by atoms with E-state index in [0.717, 1.165) is 18.5 Å². The van der Waals surface area contributed by atoms with E-state index in [4.69, 9.17) is 0 Å². The predicted octanol–water partition coefficient (Wildman–Crippen LogP) is 1.48. The number of carbonyl (C=O) groups is 2. The predicted molar refractivity (Wildman–Crippen MR) is 81.4 cm³/mol. The van der Waals surface area contributed by atoms with Crippen LogP contribution in [0.15, 0.2) is 12.1 Å². The van der Waals surface area contributed by atoms with Crippen molar-refractivity contribution in [3.8, 4) is 0 Å². The molecule has 1 aromatic rings. The minimum atomic E-state index is -0.509. The second-order valence-electron chi connectivity index (χ2n) is 6.17. The van der Waals surface area contributed by atoms with Crippen LogP contribution in [-0.4, -0.2) is 45.2 Å². The molecule has 2 fully saturated rings. The van der Waals surface area contributed by atoms with Crippen molar-refractivity contribution in [2.24, 2.45) is 0 Å². The van der Waals surface area contributed by atoms with E-state index in [9.17, 15) is 9.59 Å². The molecule has 2 heterocycles. The average molecular weight is 303 g/mol. The first-order chi connectivity index (χ1) is 10.5. The monoisotopic (exact) mass is 303 g/mol. The third-order valence-electron chi connectivity index (χ3n) is 4.48. The molecule has 0 bridgehead atoms. The van der Waals surface area contributed by atoms with Gasteiger partial charge in [-0.2, -0.15) is 5.10 Å². The van der Waals surface area contributed by atoms with E-state index in [1.807, 2.05) is 19.9 Å². The molecule has 1 saturated heterocycles. The van der Waals surface area contributed by atoms with Crippen LogP contribution in [0.4, 0.5) is 10.6 Å². The lowest BCUT2D eigenvalue weighted by Gasteiger charge is -2.41. The van der Waals surface area contributed by atoms with E-state index in [-0.39, 0.29) is 24.0 Å². The molecule has 1 aliphatic carbocycles. The molecule has 3 atom stereocenters. The van der Waals surface area contributed by atoms with E-state index < -0.39 is 6.04 Å². The van der Waals surface area contributed by atoms with Crippen molar-refractivity contribution >= 4 is 17.8 Å². The minimum absolute atomic E-state index is 0.0854. The fraction of sp³-hybridized carbons (Fsp3) is 0.600. The molecule has 7 heteroatoms. The summed E-state index contributed by atoms with van der Waals surface area (Å²) in [4.78, 5) is 25.9. The number of amides is 3. The summed E-state index contributed by atoms with van der Waals surface area (Å²) in [7, 11) is 0. The van der Waals surface area contributed by atoms with Crippen molar-refractivity contribution < 1.29 is 9.59 Å². The molecule has 1 aliphatic heterocycles. The summed E-state index contributed by atoms with van der Waals surface area (Å²) in [5.74, 6) is 0.798. The second-order valence-corrected chi connectivity index (χ2v) is 6.17. The molecular weight excluding hydrogens is 282 g/mol. The van der Waals surface area contributed by atoms with Crippen molar-refractivity contribution in [2.45, 2.75) is 57.7 Å². The van der Waals surface area contributed by atoms with E-state index in [2.05, 4.69) is 20.8 Å². The zero-order valence-corrected chi connectivity index (χ0v) is 13.0. The number of nitrogens with one attached hydrogen (secondary N) is 2. The fourth-order valence-corrected chi connectivity index (χ4v) is 2.73. The van der Waals surface area contributed by atoms with Gasteiger partial charge in [0, 0.05) is 12.0 Å². The Labute approximate surface area is 129 Å². The summed E-state index contributed by atoms with van der Waals surface area (Å²) in [6.45, 7) is 5.53. The van der Waals surface area contributed by atoms with Gasteiger partial charge in [0.2, 0.25) is 5.91 Å². The summed E-state index contributed by atoms with van der Waals surface area (Å²) in [5, 5.41) is 13.8. The molecule has 2 N–H and O–H groups in total. The van der Waals surface area contributed by atoms with Crippen LogP contribution in [0.25, 0.3) is 0 Å². The fourth-order valence-electron chi connectivity index (χ4n) is 2.73. The Bertz CT molecular complexity index is 584. The molecule has 0 unspecified atom stereocenters. The van der Waals surface area contributed by atoms with Crippen molar-refractivity contribution in [3.63, 3.8) is 0 Å². The quantitative estimate of drug-likeness (QED) is 0.866. The zero-order chi connectivity index (χ0) is 15.9. The van der Waals surface area contributed by atoms with Crippen LogP contribution in [-0.2, 0) is 4.79 Å². The molecule has 1 aromatic heterocycles. The number of nitrogens with zero attached hydrogens (tertiary/aromatic N) is 3. The van der Waals surface area contributed by atoms with Gasteiger partial charge in [-0.25, -0.2) is 4.79 Å². The largest absolute Gasteiger partial charge is 0.350 e. The number of hydrogen-bond acceptors (Lipinski definition) is 4. The van der Waals surface area contributed by atoms with Crippen molar-refractivity contribution in [1.29, 1.82) is 0 Å². The molecule has 0 radical (unpaired) electrons. The molecule has 2 aliphatic rings. The highest BCUT2D eigenvalue weighted by atomic mass is 16.2. The van der Waals surface area contributed by atoms with Gasteiger partial charge in [-0.05, 0) is 45.7 Å². The van der Waals surface area contributed by atoms with Crippen LogP contribution in [0.2, 0.25) is 0 Å². The number of rotatable bonds is 2. The average Bonchev–Trinajstić information content (AvgIpc) is 3.31. The maximum absolute atomic E-state index is 12.5. The summed E-state index contributed by atoms with van der Waals surface area (Å²) in [6.07, 6.45) is 2.33. The summed E-state index contributed by atoms with van der Waals surface area (Å²) in [5.41, 5.74) is 0.978. The van der Waals surface area contributed by atoms with Gasteiger partial charge in [0.25, 0.3) is 0 Å². The molecule has 3 amide bonds. The molecule has 3 rings (SSSR count). The highest BCUT2D eigenvalue weighted by Gasteiger charge is 2.38. The summed E-state index contributed by atoms with van der Waals surface area (Å²) < 4.78 is 0. The van der Waals surface area contributed by atoms with Crippen LogP contribution >= 0.6 is 0 Å². The Morgan fingerprint density at radius 3 is 2.59 bits per heavy atom. The number of piperazine rings is 1. The van der Waals surface area contributed by atoms with Gasteiger partial charge < -0.3 is 10.2 Å². The van der Waals surface area contributed by atoms with Crippen molar-refractivity contribution in [1.82, 2.24) is 20.4 Å². The van der Waals surface area contributed by atoms with Gasteiger partial charge >= 0.3 is 6.03 Å². The maximum atomic E-state index is 12.5. The number of hydrogen-bond donors (Lipinski definition) is 2. The maximum Gasteiger partial charge on any atom is 0.324 e. The van der Waals surface area contributed by atoms with Gasteiger partial charge in [-0.1, -0.05) is 0 Å². The third kappa shape index (κ3) is 2.75. The van der Waals surface area contributed by atoms with Gasteiger partial charge in [-0.15, -0.1) is 5.10 Å². The third-order valence-corrected chi connectivity index (χ3v) is 4.48. The normalized spacial score (nSPS) is 28.2. The number of anilines is 1. The molecule has 1 saturated carbocycles. The molecule has 0 spiro atoms. The molecule has 0 aromatic carbocycles. The lowest BCUT2D eigenvalue weighted by molar-refractivity contribution is -0.129. The highest BCUT2D eigenvalue weighted by Crippen LogP contribution is 2.38. The number of carbonyl (C=O) groups excluding carboxylic acids is 2. The summed E-state index contributed by atoms with van der Waals surface area (Å²) >= 11 is 0. The second kappa shape index (κ2) is 5.55. The smallest absolute Gasteiger partial charge is 0.324 e. The topological polar surface area (TPSA) is 87.2 Å². The Balaban J connectivity index is 1.70. The van der Waals surface area contributed by atoms with Crippen LogP contribution in [0.3, 0.4) is 0 Å². The molecular formula is C15H21N5O2. The SMILES string of the molecule is C[C@@H]1NC(=O)[C@H](C)N(C(=O)Nc2ccc(C3CC3)nn2)[C@@H]1C. The number of aromatic nitrogens is 2. The molecule has 118 valence electrons. The highest BCUT2D eigenvalue weighted by molar-refractivity contribution is 5.94. The van der Waals surface area contributed by atoms with Gasteiger partial charge in [-0.3, -0.25) is 10.1 Å². The first kappa shape index (κ1) is 14.7. The van der Waals surface area contributed by atoms with Gasteiger partial charge in [0.1, 0.15) is 6.04 Å². The Morgan fingerprint density at radius 1 is 1.27 bits per heavy atom. The Kier molecular flexibility index (Phi) is 3.72. The molecule has 22 heavy (non-hydrogen) atoms. The number of urea groups is 1. The van der Waals surface area contributed by atoms with Crippen LogP contribution in [0, 0.1) is 0 Å². The lowest BCUT2D eigenvalue weighted by Crippen LogP contribution is -2.65. The van der Waals surface area contributed by atoms with Crippen LogP contribution < -0.4 is 10.6 Å². The van der Waals surface area contributed by atoms with Gasteiger partial charge in [0.05, 0.1) is 11.7 Å². The Morgan fingerprint density at radius 2 is 2.00 bits per heavy atom. The summed E-state index contributed by atoms with van der Waals surface area (Å²) in [6, 6.07) is 2.66. The van der Waals surface area contributed by atoms with Crippen LogP contribution in [0.5, 0.6) is 0 Å². The standard InChI is InChI=1S/C15H21N5O2/c1-8-9(2)20(10(3)14(21)16-8)15(22)17-13-7-6-12(18-19-13)11-4-5-11/h6-11H,4-5H2,1-3H3,(H,16,21)(H,17,19,22)/t8-,9+,10-/m0/s1. The van der Waals surface area contributed by atoms with Crippen molar-refractivity contribution in [3.05, 3.63) is 17.8 Å². The van der Waals surface area contributed by atoms with E-state index in [1.165, 1.54) is 0 Å². The van der Waals surface area contributed by atoms with E-state index in [0.29, 0.717) is 11.7 Å². The first-order valence-electron chi connectivity index (χ1n) is 7.70. The van der Waals surface area contributed by atoms with Crippen LogP contribution in [0.1, 0.15) is 45.2 Å². The zero-order valence-electron chi connectivity index (χ0n) is 13.0. The van der Waals surface area contributed by atoms with Crippen molar-refractivity contribution in [2.75, 3.05) is 5.32 Å². The van der Waals surface area contributed by atoms with E-state index in [1.54, 1.807) is 17.9 Å². The van der Waals surface area contributed by atoms with Gasteiger partial charge in [0.15, 0.2) is 5.82 Å². The Hall–Kier alpha value is -2.18. The molecule has 7 nitrogen and oxygen atoms in total. The lowest BCUT2D eigenvalue weighted by atomic mass is 10.0. The van der Waals surface area contributed by atoms with E-state index >= 15 is 0 Å².